The van der Waals surface area contributed by atoms with Crippen LogP contribution in [0.3, 0.4) is 0 Å². The molecule has 2 nitrogen and oxygen atoms in total. The maximum atomic E-state index is 12.8. The molecule has 1 rings (SSSR count). The molecule has 0 radical (unpaired) electrons. The Kier molecular flexibility index (Phi) is 2.99. The van der Waals surface area contributed by atoms with E-state index in [4.69, 9.17) is 10.7 Å². The molecule has 0 fully saturated rings. The number of benzene rings is 1. The van der Waals surface area contributed by atoms with E-state index in [0.29, 0.717) is 10.0 Å². The lowest BCUT2D eigenvalue weighted by Crippen LogP contribution is -1.96. The molecule has 1 aromatic rings. The van der Waals surface area contributed by atoms with Crippen LogP contribution in [-0.2, 0) is 9.05 Å². The van der Waals surface area contributed by atoms with Gasteiger partial charge in [-0.25, -0.2) is 12.8 Å². The molecule has 72 valence electrons. The highest BCUT2D eigenvalue weighted by Crippen LogP contribution is 2.27. The normalized spacial score (nSPS) is 11.7. The lowest BCUT2D eigenvalue weighted by Gasteiger charge is -2.03. The Morgan fingerprint density at radius 2 is 2.00 bits per heavy atom. The smallest absolute Gasteiger partial charge is 0.207 e. The van der Waals surface area contributed by atoms with Crippen molar-refractivity contribution in [2.24, 2.45) is 0 Å². The SMILES string of the molecule is Cc1c(Br)cc(F)cc1S(=O)(=O)Cl. The Morgan fingerprint density at radius 1 is 1.46 bits per heavy atom. The quantitative estimate of drug-likeness (QED) is 0.744. The first kappa shape index (κ1) is 10.9. The highest BCUT2D eigenvalue weighted by atomic mass is 79.9. The molecule has 0 saturated carbocycles. The van der Waals surface area contributed by atoms with Gasteiger partial charge < -0.3 is 0 Å². The highest BCUT2D eigenvalue weighted by molar-refractivity contribution is 9.10. The Balaban J connectivity index is 3.56. The molecular weight excluding hydrogens is 282 g/mol. The first-order valence-corrected chi connectivity index (χ1v) is 6.33. The van der Waals surface area contributed by atoms with Gasteiger partial charge in [0, 0.05) is 15.2 Å². The average molecular weight is 288 g/mol. The van der Waals surface area contributed by atoms with E-state index in [1.54, 1.807) is 6.92 Å². The fourth-order valence-electron chi connectivity index (χ4n) is 0.875. The summed E-state index contributed by atoms with van der Waals surface area (Å²) in [5.74, 6) is -0.642. The molecule has 0 aliphatic heterocycles. The van der Waals surface area contributed by atoms with Gasteiger partial charge in [0.05, 0.1) is 4.90 Å². The van der Waals surface area contributed by atoms with Gasteiger partial charge in [0.25, 0.3) is 9.05 Å². The third-order valence-corrected chi connectivity index (χ3v) is 3.80. The zero-order valence-electron chi connectivity index (χ0n) is 6.51. The zero-order chi connectivity index (χ0) is 10.2. The fourth-order valence-corrected chi connectivity index (χ4v) is 2.65. The number of halogens is 3. The largest absolute Gasteiger partial charge is 0.261 e. The Bertz CT molecular complexity index is 444. The average Bonchev–Trinajstić information content (AvgIpc) is 1.94. The summed E-state index contributed by atoms with van der Waals surface area (Å²) in [6, 6.07) is 2.07. The van der Waals surface area contributed by atoms with Gasteiger partial charge in [0.1, 0.15) is 5.82 Å². The van der Waals surface area contributed by atoms with E-state index < -0.39 is 14.9 Å². The predicted molar refractivity (Wildman–Crippen MR) is 51.9 cm³/mol. The summed E-state index contributed by atoms with van der Waals surface area (Å²) < 4.78 is 35.0. The Morgan fingerprint density at radius 3 is 2.46 bits per heavy atom. The van der Waals surface area contributed by atoms with Gasteiger partial charge >= 0.3 is 0 Å². The van der Waals surface area contributed by atoms with Crippen molar-refractivity contribution in [3.05, 3.63) is 28.0 Å². The van der Waals surface area contributed by atoms with E-state index in [9.17, 15) is 12.8 Å². The topological polar surface area (TPSA) is 34.1 Å². The number of hydrogen-bond donors (Lipinski definition) is 0. The third kappa shape index (κ3) is 2.42. The molecule has 13 heavy (non-hydrogen) atoms. The third-order valence-electron chi connectivity index (χ3n) is 1.52. The van der Waals surface area contributed by atoms with Crippen molar-refractivity contribution in [3.63, 3.8) is 0 Å². The summed E-state index contributed by atoms with van der Waals surface area (Å²) in [7, 11) is 1.22. The molecule has 6 heteroatoms. The molecule has 0 aromatic heterocycles. The van der Waals surface area contributed by atoms with Crippen LogP contribution >= 0.6 is 26.6 Å². The summed E-state index contributed by atoms with van der Waals surface area (Å²) >= 11 is 3.03. The van der Waals surface area contributed by atoms with Gasteiger partial charge in [-0.05, 0) is 24.6 Å². The molecule has 0 spiro atoms. The minimum absolute atomic E-state index is 0.207. The molecule has 0 atom stereocenters. The molecule has 0 saturated heterocycles. The van der Waals surface area contributed by atoms with Gasteiger partial charge in [-0.1, -0.05) is 15.9 Å². The molecule has 0 bridgehead atoms. The fraction of sp³-hybridized carbons (Fsp3) is 0.143. The van der Waals surface area contributed by atoms with Crippen LogP contribution in [0.4, 0.5) is 4.39 Å². The van der Waals surface area contributed by atoms with Crippen molar-refractivity contribution in [1.29, 1.82) is 0 Å². The molecule has 0 unspecified atom stereocenters. The molecule has 0 aliphatic rings. The first-order valence-electron chi connectivity index (χ1n) is 3.22. The minimum atomic E-state index is -3.88. The maximum absolute atomic E-state index is 12.8. The van der Waals surface area contributed by atoms with Gasteiger partial charge in [-0.2, -0.15) is 0 Å². The van der Waals surface area contributed by atoms with E-state index in [2.05, 4.69) is 15.9 Å². The van der Waals surface area contributed by atoms with Crippen LogP contribution in [0.25, 0.3) is 0 Å². The summed E-state index contributed by atoms with van der Waals surface area (Å²) in [5.41, 5.74) is 0.399. The molecule has 1 aromatic carbocycles. The second kappa shape index (κ2) is 3.55. The monoisotopic (exact) mass is 286 g/mol. The minimum Gasteiger partial charge on any atom is -0.207 e. The number of rotatable bonds is 1. The van der Waals surface area contributed by atoms with Crippen molar-refractivity contribution < 1.29 is 12.8 Å². The summed E-state index contributed by atoms with van der Waals surface area (Å²) in [4.78, 5) is -0.207. The van der Waals surface area contributed by atoms with E-state index in [-0.39, 0.29) is 4.90 Å². The van der Waals surface area contributed by atoms with E-state index in [1.807, 2.05) is 0 Å². The predicted octanol–water partition coefficient (Wildman–Crippen LogP) is 2.82. The van der Waals surface area contributed by atoms with Crippen LogP contribution in [0.2, 0.25) is 0 Å². The van der Waals surface area contributed by atoms with Crippen LogP contribution in [0.1, 0.15) is 5.56 Å². The Labute approximate surface area is 88.3 Å². The molecule has 0 N–H and O–H groups in total. The van der Waals surface area contributed by atoms with Crippen molar-refractivity contribution in [3.8, 4) is 0 Å². The summed E-state index contributed by atoms with van der Waals surface area (Å²) in [5, 5.41) is 0. The van der Waals surface area contributed by atoms with Crippen molar-refractivity contribution >= 4 is 35.7 Å². The van der Waals surface area contributed by atoms with Crippen LogP contribution in [0.15, 0.2) is 21.5 Å². The number of hydrogen-bond acceptors (Lipinski definition) is 2. The van der Waals surface area contributed by atoms with E-state index in [1.165, 1.54) is 6.07 Å². The maximum Gasteiger partial charge on any atom is 0.261 e. The summed E-state index contributed by atoms with van der Waals surface area (Å²) in [6.07, 6.45) is 0. The molecule has 0 amide bonds. The van der Waals surface area contributed by atoms with E-state index in [0.717, 1.165) is 6.07 Å². The van der Waals surface area contributed by atoms with Crippen LogP contribution in [-0.4, -0.2) is 8.42 Å². The zero-order valence-corrected chi connectivity index (χ0v) is 9.67. The van der Waals surface area contributed by atoms with E-state index >= 15 is 0 Å². The molecule has 0 aliphatic carbocycles. The van der Waals surface area contributed by atoms with Crippen LogP contribution in [0.5, 0.6) is 0 Å². The van der Waals surface area contributed by atoms with Gasteiger partial charge in [-0.3, -0.25) is 0 Å². The highest BCUT2D eigenvalue weighted by Gasteiger charge is 2.16. The Hall–Kier alpha value is -0.130. The first-order chi connectivity index (χ1) is 5.82. The second-order valence-corrected chi connectivity index (χ2v) is 5.84. The van der Waals surface area contributed by atoms with Gasteiger partial charge in [0.15, 0.2) is 0 Å². The van der Waals surface area contributed by atoms with Crippen LogP contribution in [0, 0.1) is 12.7 Å². The lowest BCUT2D eigenvalue weighted by atomic mass is 10.2. The molecule has 0 heterocycles. The van der Waals surface area contributed by atoms with Gasteiger partial charge in [0.2, 0.25) is 0 Å². The summed E-state index contributed by atoms with van der Waals surface area (Å²) in [6.45, 7) is 1.54. The van der Waals surface area contributed by atoms with Crippen LogP contribution < -0.4 is 0 Å². The van der Waals surface area contributed by atoms with Crippen molar-refractivity contribution in [1.82, 2.24) is 0 Å². The lowest BCUT2D eigenvalue weighted by molar-refractivity contribution is 0.600. The van der Waals surface area contributed by atoms with Gasteiger partial charge in [-0.15, -0.1) is 0 Å². The van der Waals surface area contributed by atoms with Crippen molar-refractivity contribution in [2.45, 2.75) is 11.8 Å². The standard InChI is InChI=1S/C7H5BrClFO2S/c1-4-6(8)2-5(10)3-7(4)13(9,11)12/h2-3H,1H3. The van der Waals surface area contributed by atoms with Crippen molar-refractivity contribution in [2.75, 3.05) is 0 Å². The second-order valence-electron chi connectivity index (χ2n) is 2.45. The molecular formula is C7H5BrClFO2S.